The lowest BCUT2D eigenvalue weighted by Crippen LogP contribution is -2.07. The zero-order valence-corrected chi connectivity index (χ0v) is 9.58. The van der Waals surface area contributed by atoms with E-state index in [1.807, 2.05) is 12.1 Å². The molecule has 0 saturated heterocycles. The molecule has 0 aliphatic heterocycles. The number of anilines is 2. The number of rotatable bonds is 4. The third-order valence-corrected chi connectivity index (χ3v) is 2.96. The highest BCUT2D eigenvalue weighted by Crippen LogP contribution is 2.20. The van der Waals surface area contributed by atoms with E-state index in [0.717, 1.165) is 24.5 Å². The Hall–Kier alpha value is -1.51. The van der Waals surface area contributed by atoms with Crippen molar-refractivity contribution in [2.24, 2.45) is 0 Å². The van der Waals surface area contributed by atoms with Crippen LogP contribution in [-0.2, 0) is 0 Å². The summed E-state index contributed by atoms with van der Waals surface area (Å²) < 4.78 is 0. The number of hydrogen-bond donors (Lipinski definition) is 2. The first-order valence-electron chi connectivity index (χ1n) is 5.98. The lowest BCUT2D eigenvalue weighted by molar-refractivity contribution is 0.679. The molecule has 1 heterocycles. The van der Waals surface area contributed by atoms with Crippen LogP contribution < -0.4 is 11.1 Å². The van der Waals surface area contributed by atoms with Crippen LogP contribution in [0.2, 0.25) is 0 Å². The molecular weight excluding hydrogens is 198 g/mol. The number of pyridine rings is 1. The van der Waals surface area contributed by atoms with Crippen LogP contribution in [0.1, 0.15) is 32.1 Å². The van der Waals surface area contributed by atoms with Crippen molar-refractivity contribution < 1.29 is 0 Å². The van der Waals surface area contributed by atoms with Crippen molar-refractivity contribution in [1.29, 1.82) is 0 Å². The van der Waals surface area contributed by atoms with Crippen LogP contribution in [0.15, 0.2) is 30.0 Å². The largest absolute Gasteiger partial charge is 0.396 e. The number of hydrogen-bond acceptors (Lipinski definition) is 3. The topological polar surface area (TPSA) is 50.9 Å². The molecule has 0 bridgehead atoms. The summed E-state index contributed by atoms with van der Waals surface area (Å²) in [6.45, 7) is 0.924. The Morgan fingerprint density at radius 2 is 2.31 bits per heavy atom. The SMILES string of the molecule is Nc1cccnc1NCCC1=CCCCC1. The van der Waals surface area contributed by atoms with Gasteiger partial charge >= 0.3 is 0 Å². The molecule has 0 unspecified atom stereocenters. The van der Waals surface area contributed by atoms with E-state index in [9.17, 15) is 0 Å². The van der Waals surface area contributed by atoms with Crippen molar-refractivity contribution in [2.75, 3.05) is 17.6 Å². The third-order valence-electron chi connectivity index (χ3n) is 2.96. The van der Waals surface area contributed by atoms with Crippen LogP contribution in [0.25, 0.3) is 0 Å². The van der Waals surface area contributed by atoms with Gasteiger partial charge in [-0.05, 0) is 44.2 Å². The van der Waals surface area contributed by atoms with Gasteiger partial charge in [0.1, 0.15) is 5.82 Å². The Bertz CT molecular complexity index is 371. The minimum Gasteiger partial charge on any atom is -0.396 e. The Morgan fingerprint density at radius 3 is 3.06 bits per heavy atom. The molecule has 1 aromatic rings. The first-order chi connectivity index (χ1) is 7.86. The molecule has 16 heavy (non-hydrogen) atoms. The van der Waals surface area contributed by atoms with Crippen molar-refractivity contribution >= 4 is 11.5 Å². The lowest BCUT2D eigenvalue weighted by Gasteiger charge is -2.13. The normalized spacial score (nSPS) is 15.6. The molecule has 1 aromatic heterocycles. The molecule has 3 nitrogen and oxygen atoms in total. The quantitative estimate of drug-likeness (QED) is 0.762. The van der Waals surface area contributed by atoms with Gasteiger partial charge in [0, 0.05) is 12.7 Å². The van der Waals surface area contributed by atoms with E-state index >= 15 is 0 Å². The second kappa shape index (κ2) is 5.54. The van der Waals surface area contributed by atoms with Gasteiger partial charge in [-0.1, -0.05) is 11.6 Å². The van der Waals surface area contributed by atoms with E-state index in [2.05, 4.69) is 16.4 Å². The highest BCUT2D eigenvalue weighted by atomic mass is 15.0. The first kappa shape index (κ1) is 11.0. The van der Waals surface area contributed by atoms with Gasteiger partial charge in [-0.15, -0.1) is 0 Å². The van der Waals surface area contributed by atoms with Gasteiger partial charge < -0.3 is 11.1 Å². The highest BCUT2D eigenvalue weighted by Gasteiger charge is 2.04. The van der Waals surface area contributed by atoms with E-state index in [-0.39, 0.29) is 0 Å². The van der Waals surface area contributed by atoms with Crippen LogP contribution in [0.5, 0.6) is 0 Å². The van der Waals surface area contributed by atoms with Crippen LogP contribution in [-0.4, -0.2) is 11.5 Å². The van der Waals surface area contributed by atoms with Crippen molar-refractivity contribution in [2.45, 2.75) is 32.1 Å². The van der Waals surface area contributed by atoms with Crippen molar-refractivity contribution in [1.82, 2.24) is 4.98 Å². The lowest BCUT2D eigenvalue weighted by atomic mass is 9.97. The second-order valence-corrected chi connectivity index (χ2v) is 4.23. The summed E-state index contributed by atoms with van der Waals surface area (Å²) >= 11 is 0. The Balaban J connectivity index is 1.80. The fourth-order valence-electron chi connectivity index (χ4n) is 2.04. The Morgan fingerprint density at radius 1 is 1.38 bits per heavy atom. The molecule has 0 amide bonds. The predicted molar refractivity (Wildman–Crippen MR) is 68.3 cm³/mol. The molecule has 2 rings (SSSR count). The molecule has 1 aliphatic carbocycles. The Kier molecular flexibility index (Phi) is 3.81. The molecule has 0 fully saturated rings. The van der Waals surface area contributed by atoms with Gasteiger partial charge in [0.05, 0.1) is 5.69 Å². The molecule has 0 spiro atoms. The molecule has 1 aliphatic rings. The third kappa shape index (κ3) is 2.99. The van der Waals surface area contributed by atoms with Gasteiger partial charge in [-0.2, -0.15) is 0 Å². The zero-order valence-electron chi connectivity index (χ0n) is 9.58. The van der Waals surface area contributed by atoms with E-state index < -0.39 is 0 Å². The summed E-state index contributed by atoms with van der Waals surface area (Å²) in [4.78, 5) is 4.21. The van der Waals surface area contributed by atoms with Crippen LogP contribution >= 0.6 is 0 Å². The average molecular weight is 217 g/mol. The molecule has 3 N–H and O–H groups in total. The zero-order chi connectivity index (χ0) is 11.2. The van der Waals surface area contributed by atoms with E-state index in [0.29, 0.717) is 0 Å². The summed E-state index contributed by atoms with van der Waals surface area (Å²) in [5.74, 6) is 0.805. The molecule has 0 aromatic carbocycles. The number of nitrogens with one attached hydrogen (secondary N) is 1. The van der Waals surface area contributed by atoms with Crippen molar-refractivity contribution in [3.63, 3.8) is 0 Å². The maximum atomic E-state index is 5.80. The maximum absolute atomic E-state index is 5.80. The molecule has 0 atom stereocenters. The second-order valence-electron chi connectivity index (χ2n) is 4.23. The average Bonchev–Trinajstić information content (AvgIpc) is 2.33. The standard InChI is InChI=1S/C13H19N3/c14-12-7-4-9-15-13(12)16-10-8-11-5-2-1-3-6-11/h4-5,7,9H,1-3,6,8,10,14H2,(H,15,16). The van der Waals surface area contributed by atoms with Crippen LogP contribution in [0, 0.1) is 0 Å². The van der Waals surface area contributed by atoms with E-state index in [1.54, 1.807) is 11.8 Å². The van der Waals surface area contributed by atoms with Gasteiger partial charge in [0.2, 0.25) is 0 Å². The van der Waals surface area contributed by atoms with E-state index in [4.69, 9.17) is 5.73 Å². The van der Waals surface area contributed by atoms with E-state index in [1.165, 1.54) is 25.7 Å². The summed E-state index contributed by atoms with van der Waals surface area (Å²) in [5, 5.41) is 3.28. The molecular formula is C13H19N3. The monoisotopic (exact) mass is 217 g/mol. The fourth-order valence-corrected chi connectivity index (χ4v) is 2.04. The van der Waals surface area contributed by atoms with Gasteiger partial charge in [0.15, 0.2) is 0 Å². The van der Waals surface area contributed by atoms with Gasteiger partial charge in [-0.25, -0.2) is 4.98 Å². The van der Waals surface area contributed by atoms with Crippen LogP contribution in [0.4, 0.5) is 11.5 Å². The Labute approximate surface area is 96.8 Å². The minimum absolute atomic E-state index is 0.722. The first-order valence-corrected chi connectivity index (χ1v) is 5.98. The van der Waals surface area contributed by atoms with Gasteiger partial charge in [0.25, 0.3) is 0 Å². The smallest absolute Gasteiger partial charge is 0.149 e. The highest BCUT2D eigenvalue weighted by molar-refractivity contribution is 5.60. The molecule has 86 valence electrons. The molecule has 0 saturated carbocycles. The summed E-state index contributed by atoms with van der Waals surface area (Å²) in [6.07, 6.45) is 10.5. The number of nitrogens with zero attached hydrogens (tertiary/aromatic N) is 1. The minimum atomic E-state index is 0.722. The number of nitrogen functional groups attached to an aromatic ring is 1. The summed E-state index contributed by atoms with van der Waals surface area (Å²) in [5.41, 5.74) is 8.10. The van der Waals surface area contributed by atoms with Gasteiger partial charge in [-0.3, -0.25) is 0 Å². The van der Waals surface area contributed by atoms with Crippen molar-refractivity contribution in [3.05, 3.63) is 30.0 Å². The molecule has 3 heteroatoms. The number of aromatic nitrogens is 1. The molecule has 0 radical (unpaired) electrons. The van der Waals surface area contributed by atoms with Crippen molar-refractivity contribution in [3.8, 4) is 0 Å². The predicted octanol–water partition coefficient (Wildman–Crippen LogP) is 2.97. The van der Waals surface area contributed by atoms with Crippen LogP contribution in [0.3, 0.4) is 0 Å². The number of allylic oxidation sites excluding steroid dienone is 1. The number of nitrogens with two attached hydrogens (primary N) is 1. The summed E-state index contributed by atoms with van der Waals surface area (Å²) in [7, 11) is 0. The summed E-state index contributed by atoms with van der Waals surface area (Å²) in [6, 6.07) is 3.72. The fraction of sp³-hybridized carbons (Fsp3) is 0.462. The maximum Gasteiger partial charge on any atom is 0.149 e.